The SMILES string of the molecule is COc1ccc(C(=O)N2CCC(n3nccc3NC(=O)Nc3ccccc3C)CC2)o1. The zero-order valence-electron chi connectivity index (χ0n) is 17.5. The normalized spacial score (nSPS) is 14.3. The Bertz CT molecular complexity index is 1070. The predicted octanol–water partition coefficient (Wildman–Crippen LogP) is 3.91. The molecule has 3 amide bonds. The molecule has 0 spiro atoms. The van der Waals surface area contributed by atoms with Crippen molar-refractivity contribution in [3.63, 3.8) is 0 Å². The number of likely N-dealkylation sites (tertiary alicyclic amines) is 1. The summed E-state index contributed by atoms with van der Waals surface area (Å²) in [5.74, 6) is 1.05. The Labute approximate surface area is 180 Å². The van der Waals surface area contributed by atoms with Crippen LogP contribution in [0.2, 0.25) is 0 Å². The van der Waals surface area contributed by atoms with Crippen LogP contribution >= 0.6 is 0 Å². The zero-order valence-corrected chi connectivity index (χ0v) is 17.5. The third-order valence-corrected chi connectivity index (χ3v) is 5.40. The Morgan fingerprint density at radius 2 is 1.87 bits per heavy atom. The number of piperidine rings is 1. The maximum atomic E-state index is 12.6. The first-order valence-electron chi connectivity index (χ1n) is 10.2. The van der Waals surface area contributed by atoms with E-state index < -0.39 is 0 Å². The standard InChI is InChI=1S/C22H25N5O4/c1-15-5-3-4-6-17(15)24-22(29)25-19-9-12-23-27(19)16-10-13-26(14-11-16)21(28)18-7-8-20(30-2)31-18/h3-9,12,16H,10-11,13-14H2,1-2H3,(H2,24,25,29). The van der Waals surface area contributed by atoms with E-state index in [4.69, 9.17) is 9.15 Å². The smallest absolute Gasteiger partial charge is 0.324 e. The minimum atomic E-state index is -0.324. The highest BCUT2D eigenvalue weighted by Gasteiger charge is 2.28. The van der Waals surface area contributed by atoms with Crippen molar-refractivity contribution in [1.29, 1.82) is 0 Å². The summed E-state index contributed by atoms with van der Waals surface area (Å²) >= 11 is 0. The van der Waals surface area contributed by atoms with Gasteiger partial charge in [-0.1, -0.05) is 18.2 Å². The lowest BCUT2D eigenvalue weighted by Crippen LogP contribution is -2.39. The van der Waals surface area contributed by atoms with Crippen molar-refractivity contribution < 1.29 is 18.7 Å². The lowest BCUT2D eigenvalue weighted by atomic mass is 10.0. The minimum Gasteiger partial charge on any atom is -0.468 e. The number of furan rings is 1. The van der Waals surface area contributed by atoms with E-state index in [1.807, 2.05) is 35.9 Å². The number of urea groups is 1. The van der Waals surface area contributed by atoms with E-state index in [1.54, 1.807) is 29.3 Å². The molecule has 0 saturated carbocycles. The number of benzene rings is 1. The molecule has 1 fully saturated rings. The highest BCUT2D eigenvalue weighted by molar-refractivity contribution is 5.99. The van der Waals surface area contributed by atoms with Gasteiger partial charge in [-0.25, -0.2) is 9.48 Å². The number of ether oxygens (including phenoxy) is 1. The third kappa shape index (κ3) is 4.55. The molecule has 0 bridgehead atoms. The lowest BCUT2D eigenvalue weighted by molar-refractivity contribution is 0.0653. The number of amides is 3. The van der Waals surface area contributed by atoms with Crippen molar-refractivity contribution >= 4 is 23.4 Å². The van der Waals surface area contributed by atoms with Crippen molar-refractivity contribution in [1.82, 2.24) is 14.7 Å². The molecule has 4 rings (SSSR count). The van der Waals surface area contributed by atoms with Crippen LogP contribution in [0.1, 0.15) is 35.0 Å². The first-order chi connectivity index (χ1) is 15.0. The summed E-state index contributed by atoms with van der Waals surface area (Å²) in [6, 6.07) is 12.4. The summed E-state index contributed by atoms with van der Waals surface area (Å²) in [5.41, 5.74) is 1.74. The highest BCUT2D eigenvalue weighted by atomic mass is 16.6. The fraction of sp³-hybridized carbons (Fsp3) is 0.318. The average molecular weight is 423 g/mol. The van der Waals surface area contributed by atoms with Crippen molar-refractivity contribution in [2.75, 3.05) is 30.8 Å². The molecule has 9 nitrogen and oxygen atoms in total. The van der Waals surface area contributed by atoms with E-state index in [9.17, 15) is 9.59 Å². The molecule has 1 aromatic carbocycles. The molecular weight excluding hydrogens is 398 g/mol. The van der Waals surface area contributed by atoms with Crippen LogP contribution in [0.25, 0.3) is 0 Å². The van der Waals surface area contributed by atoms with Gasteiger partial charge in [0.15, 0.2) is 5.76 Å². The quantitative estimate of drug-likeness (QED) is 0.648. The number of nitrogens with zero attached hydrogens (tertiary/aromatic N) is 3. The summed E-state index contributed by atoms with van der Waals surface area (Å²) in [4.78, 5) is 26.8. The van der Waals surface area contributed by atoms with Gasteiger partial charge in [-0.3, -0.25) is 10.1 Å². The number of para-hydroxylation sites is 1. The fourth-order valence-corrected chi connectivity index (χ4v) is 3.70. The number of nitrogens with one attached hydrogen (secondary N) is 2. The van der Waals surface area contributed by atoms with E-state index in [1.165, 1.54) is 7.11 Å². The minimum absolute atomic E-state index is 0.0824. The van der Waals surface area contributed by atoms with Gasteiger partial charge in [-0.05, 0) is 37.5 Å². The highest BCUT2D eigenvalue weighted by Crippen LogP contribution is 2.27. The first kappa shape index (κ1) is 20.5. The first-order valence-corrected chi connectivity index (χ1v) is 10.2. The van der Waals surface area contributed by atoms with Crippen LogP contribution in [-0.4, -0.2) is 46.8 Å². The third-order valence-electron chi connectivity index (χ3n) is 5.40. The summed E-state index contributed by atoms with van der Waals surface area (Å²) in [6.45, 7) is 3.08. The molecule has 3 aromatic rings. The second-order valence-electron chi connectivity index (χ2n) is 7.40. The number of carbonyl (C=O) groups excluding carboxylic acids is 2. The Morgan fingerprint density at radius 1 is 1.10 bits per heavy atom. The molecule has 2 N–H and O–H groups in total. The van der Waals surface area contributed by atoms with Crippen LogP contribution in [0.3, 0.4) is 0 Å². The van der Waals surface area contributed by atoms with Crippen LogP contribution in [0.15, 0.2) is 53.1 Å². The van der Waals surface area contributed by atoms with Gasteiger partial charge < -0.3 is 19.4 Å². The summed E-state index contributed by atoms with van der Waals surface area (Å²) in [7, 11) is 1.50. The Morgan fingerprint density at radius 3 is 2.58 bits per heavy atom. The predicted molar refractivity (Wildman–Crippen MR) is 115 cm³/mol. The molecule has 9 heteroatoms. The van der Waals surface area contributed by atoms with Crippen LogP contribution < -0.4 is 15.4 Å². The number of anilines is 2. The Balaban J connectivity index is 1.35. The molecule has 1 saturated heterocycles. The molecule has 0 atom stereocenters. The van der Waals surface area contributed by atoms with Gasteiger partial charge in [0.25, 0.3) is 11.9 Å². The number of hydrogen-bond acceptors (Lipinski definition) is 5. The Hall–Kier alpha value is -3.75. The topological polar surface area (TPSA) is 102 Å². The van der Waals surface area contributed by atoms with Crippen molar-refractivity contribution in [3.05, 3.63) is 60.0 Å². The number of carbonyl (C=O) groups is 2. The van der Waals surface area contributed by atoms with Gasteiger partial charge in [-0.15, -0.1) is 0 Å². The second kappa shape index (κ2) is 8.95. The fourth-order valence-electron chi connectivity index (χ4n) is 3.70. The van der Waals surface area contributed by atoms with E-state index in [0.29, 0.717) is 24.9 Å². The van der Waals surface area contributed by atoms with Crippen molar-refractivity contribution in [2.45, 2.75) is 25.8 Å². The van der Waals surface area contributed by atoms with E-state index in [-0.39, 0.29) is 23.7 Å². The molecule has 0 radical (unpaired) electrons. The monoisotopic (exact) mass is 423 g/mol. The molecule has 1 aliphatic rings. The van der Waals surface area contributed by atoms with Crippen LogP contribution in [0.5, 0.6) is 5.95 Å². The number of hydrogen-bond donors (Lipinski definition) is 2. The summed E-state index contributed by atoms with van der Waals surface area (Å²) in [5, 5.41) is 10.1. The molecule has 3 heterocycles. The van der Waals surface area contributed by atoms with Gasteiger partial charge in [0.2, 0.25) is 0 Å². The molecule has 0 aliphatic carbocycles. The number of methoxy groups -OCH3 is 1. The molecule has 1 aliphatic heterocycles. The average Bonchev–Trinajstić information content (AvgIpc) is 3.44. The van der Waals surface area contributed by atoms with Crippen LogP contribution in [-0.2, 0) is 0 Å². The van der Waals surface area contributed by atoms with Gasteiger partial charge in [0.1, 0.15) is 5.82 Å². The zero-order chi connectivity index (χ0) is 21.8. The van der Waals surface area contributed by atoms with E-state index in [0.717, 1.165) is 24.1 Å². The number of aromatic nitrogens is 2. The van der Waals surface area contributed by atoms with Gasteiger partial charge in [0.05, 0.1) is 19.3 Å². The van der Waals surface area contributed by atoms with E-state index in [2.05, 4.69) is 15.7 Å². The molecule has 2 aromatic heterocycles. The largest absolute Gasteiger partial charge is 0.468 e. The summed E-state index contributed by atoms with van der Waals surface area (Å²) in [6.07, 6.45) is 3.11. The van der Waals surface area contributed by atoms with Gasteiger partial charge in [-0.2, -0.15) is 5.10 Å². The molecule has 31 heavy (non-hydrogen) atoms. The molecule has 0 unspecified atom stereocenters. The maximum Gasteiger partial charge on any atom is 0.324 e. The van der Waals surface area contributed by atoms with E-state index >= 15 is 0 Å². The van der Waals surface area contributed by atoms with Crippen molar-refractivity contribution in [2.24, 2.45) is 0 Å². The number of aryl methyl sites for hydroxylation is 1. The Kier molecular flexibility index (Phi) is 5.92. The van der Waals surface area contributed by atoms with Crippen LogP contribution in [0, 0.1) is 6.92 Å². The van der Waals surface area contributed by atoms with Gasteiger partial charge in [0, 0.05) is 30.9 Å². The summed E-state index contributed by atoms with van der Waals surface area (Å²) < 4.78 is 12.2. The van der Waals surface area contributed by atoms with Crippen LogP contribution in [0.4, 0.5) is 16.3 Å². The van der Waals surface area contributed by atoms with Crippen molar-refractivity contribution in [3.8, 4) is 5.95 Å². The maximum absolute atomic E-state index is 12.6. The molecular formula is C22H25N5O4. The molecule has 162 valence electrons. The second-order valence-corrected chi connectivity index (χ2v) is 7.40. The lowest BCUT2D eigenvalue weighted by Gasteiger charge is -2.32. The number of rotatable bonds is 5. The van der Waals surface area contributed by atoms with Gasteiger partial charge >= 0.3 is 6.03 Å².